The van der Waals surface area contributed by atoms with E-state index in [4.69, 9.17) is 9.47 Å². The molecule has 2 bridgehead atoms. The number of esters is 2. The molecule has 0 N–H and O–H groups in total. The Morgan fingerprint density at radius 1 is 1.03 bits per heavy atom. The summed E-state index contributed by atoms with van der Waals surface area (Å²) in [6.45, 7) is 6.77. The third-order valence-electron chi connectivity index (χ3n) is 10.8. The summed E-state index contributed by atoms with van der Waals surface area (Å²) in [5.74, 6) is 3.92. The molecule has 2 aliphatic heterocycles. The van der Waals surface area contributed by atoms with E-state index in [1.54, 1.807) is 0 Å². The quantitative estimate of drug-likeness (QED) is 0.303. The van der Waals surface area contributed by atoms with E-state index < -0.39 is 5.41 Å². The minimum Gasteiger partial charge on any atom is -0.427 e. The summed E-state index contributed by atoms with van der Waals surface area (Å²) in [7, 11) is 0. The van der Waals surface area contributed by atoms with Crippen molar-refractivity contribution >= 4 is 11.9 Å². The fourth-order valence-corrected chi connectivity index (χ4v) is 8.79. The second-order valence-corrected chi connectivity index (χ2v) is 13.4. The highest BCUT2D eigenvalue weighted by molar-refractivity contribution is 5.99. The number of allylic oxidation sites excluding steroid dienone is 5. The summed E-state index contributed by atoms with van der Waals surface area (Å²) in [6, 6.07) is 0. The topological polar surface area (TPSA) is 52.6 Å². The predicted molar refractivity (Wildman–Crippen MR) is 148 cm³/mol. The molecule has 0 radical (unpaired) electrons. The number of rotatable bonds is 8. The molecular formula is C34H46O4. The molecule has 0 amide bonds. The van der Waals surface area contributed by atoms with Gasteiger partial charge in [-0.15, -0.1) is 0 Å². The first-order valence-electron chi connectivity index (χ1n) is 15.7. The van der Waals surface area contributed by atoms with Crippen LogP contribution in [0, 0.1) is 40.9 Å². The minimum atomic E-state index is -0.487. The molecule has 2 heterocycles. The summed E-state index contributed by atoms with van der Waals surface area (Å²) in [5.41, 5.74) is 2.35. The normalized spacial score (nSPS) is 35.4. The second kappa shape index (κ2) is 10.5. The van der Waals surface area contributed by atoms with Crippen molar-refractivity contribution in [2.45, 2.75) is 111 Å². The van der Waals surface area contributed by atoms with Gasteiger partial charge in [0.15, 0.2) is 0 Å². The lowest BCUT2D eigenvalue weighted by Gasteiger charge is -2.54. The molecule has 7 rings (SSSR count). The maximum atomic E-state index is 13.6. The zero-order valence-corrected chi connectivity index (χ0v) is 23.7. The van der Waals surface area contributed by atoms with E-state index in [0.717, 1.165) is 85.5 Å². The van der Waals surface area contributed by atoms with Gasteiger partial charge in [-0.2, -0.15) is 0 Å². The monoisotopic (exact) mass is 518 g/mol. The molecule has 5 atom stereocenters. The van der Waals surface area contributed by atoms with Gasteiger partial charge in [-0.25, -0.2) is 9.59 Å². The predicted octanol–water partition coefficient (Wildman–Crippen LogP) is 8.35. The number of fused-ring (bicyclic) bond motifs is 1. The lowest BCUT2D eigenvalue weighted by atomic mass is 9.46. The Morgan fingerprint density at radius 3 is 2.61 bits per heavy atom. The van der Waals surface area contributed by atoms with Crippen molar-refractivity contribution in [1.82, 2.24) is 0 Å². The number of carbonyl (C=O) groups excluding carboxylic acids is 2. The highest BCUT2D eigenvalue weighted by Gasteiger charge is 2.66. The second-order valence-electron chi connectivity index (χ2n) is 13.4. The SMILES string of the molecule is CC[C@H](/C=C1\OC(=O)C2=C[C@@H]3CC[C@@]21[C@H]1C2=C(CC[C@@H]31)C(=CCCC1CCCCC1)OC2=O)CCC(C)C. The number of ether oxygens (including phenoxy) is 2. The molecule has 206 valence electrons. The van der Waals surface area contributed by atoms with Crippen molar-refractivity contribution in [3.05, 3.63) is 46.5 Å². The Labute approximate surface area is 229 Å². The number of hydrogen-bond acceptors (Lipinski definition) is 4. The van der Waals surface area contributed by atoms with Crippen molar-refractivity contribution < 1.29 is 19.1 Å². The van der Waals surface area contributed by atoms with E-state index in [2.05, 4.69) is 39.0 Å². The molecule has 0 aromatic rings. The minimum absolute atomic E-state index is 0.00190. The Kier molecular flexibility index (Phi) is 7.20. The standard InChI is InChI=1S/C34H46O4/c1-4-22(14-13-21(2)3)19-29-34-18-17-24(20-27(34)32(35)38-29)25-15-16-26-28(37-33(36)30(26)31(25)34)12-8-11-23-9-6-5-7-10-23/h12,19-25,31H,4-11,13-18H2,1-3H3/b28-12?,29-19-/t22-,24-,25-,31+,34+/m0/s1. The average Bonchev–Trinajstić information content (AvgIpc) is 3.40. The lowest BCUT2D eigenvalue weighted by Crippen LogP contribution is -2.50. The molecule has 38 heavy (non-hydrogen) atoms. The van der Waals surface area contributed by atoms with Crippen LogP contribution in [0.1, 0.15) is 111 Å². The Hall–Kier alpha value is -2.10. The van der Waals surface area contributed by atoms with Crippen LogP contribution in [-0.4, -0.2) is 11.9 Å². The van der Waals surface area contributed by atoms with Crippen LogP contribution in [0.3, 0.4) is 0 Å². The molecular weight excluding hydrogens is 472 g/mol. The van der Waals surface area contributed by atoms with Crippen LogP contribution in [0.25, 0.3) is 0 Å². The van der Waals surface area contributed by atoms with Gasteiger partial charge >= 0.3 is 11.9 Å². The average molecular weight is 519 g/mol. The Balaban J connectivity index is 1.34. The van der Waals surface area contributed by atoms with Crippen molar-refractivity contribution in [3.8, 4) is 0 Å². The van der Waals surface area contributed by atoms with Crippen molar-refractivity contribution in [2.75, 3.05) is 0 Å². The molecule has 0 unspecified atom stereocenters. The molecule has 4 heteroatoms. The number of hydrogen-bond donors (Lipinski definition) is 0. The molecule has 0 aromatic heterocycles. The summed E-state index contributed by atoms with van der Waals surface area (Å²) < 4.78 is 12.1. The molecule has 1 spiro atoms. The molecule has 2 saturated carbocycles. The molecule has 1 saturated heterocycles. The van der Waals surface area contributed by atoms with Crippen LogP contribution in [-0.2, 0) is 19.1 Å². The van der Waals surface area contributed by atoms with Crippen LogP contribution in [0.4, 0.5) is 0 Å². The van der Waals surface area contributed by atoms with Gasteiger partial charge in [0, 0.05) is 22.6 Å². The fourth-order valence-electron chi connectivity index (χ4n) is 8.79. The van der Waals surface area contributed by atoms with Crippen LogP contribution in [0.2, 0.25) is 0 Å². The molecule has 3 fully saturated rings. The van der Waals surface area contributed by atoms with Gasteiger partial charge in [-0.1, -0.05) is 65.4 Å². The van der Waals surface area contributed by atoms with Crippen LogP contribution in [0.5, 0.6) is 0 Å². The van der Waals surface area contributed by atoms with Crippen LogP contribution < -0.4 is 0 Å². The molecule has 7 aliphatic rings. The summed E-state index contributed by atoms with van der Waals surface area (Å²) in [4.78, 5) is 26.8. The maximum Gasteiger partial charge on any atom is 0.340 e. The van der Waals surface area contributed by atoms with E-state index in [1.807, 2.05) is 0 Å². The third-order valence-corrected chi connectivity index (χ3v) is 10.8. The van der Waals surface area contributed by atoms with E-state index >= 15 is 0 Å². The highest BCUT2D eigenvalue weighted by Crippen LogP contribution is 2.68. The van der Waals surface area contributed by atoms with E-state index in [-0.39, 0.29) is 17.9 Å². The van der Waals surface area contributed by atoms with Gasteiger partial charge in [-0.05, 0) is 93.1 Å². The largest absolute Gasteiger partial charge is 0.427 e. The lowest BCUT2D eigenvalue weighted by molar-refractivity contribution is -0.135. The van der Waals surface area contributed by atoms with Crippen LogP contribution >= 0.6 is 0 Å². The highest BCUT2D eigenvalue weighted by atomic mass is 16.5. The number of carbonyl (C=O) groups is 2. The first-order valence-corrected chi connectivity index (χ1v) is 15.7. The van der Waals surface area contributed by atoms with E-state index in [1.165, 1.54) is 38.5 Å². The van der Waals surface area contributed by atoms with Crippen molar-refractivity contribution in [1.29, 1.82) is 0 Å². The molecule has 4 nitrogen and oxygen atoms in total. The van der Waals surface area contributed by atoms with Crippen LogP contribution in [0.15, 0.2) is 46.5 Å². The zero-order valence-electron chi connectivity index (χ0n) is 23.7. The van der Waals surface area contributed by atoms with Gasteiger partial charge in [-0.3, -0.25) is 0 Å². The van der Waals surface area contributed by atoms with Gasteiger partial charge in [0.05, 0.1) is 5.41 Å². The van der Waals surface area contributed by atoms with Gasteiger partial charge in [0.1, 0.15) is 11.5 Å². The Morgan fingerprint density at radius 2 is 1.84 bits per heavy atom. The Bertz CT molecular complexity index is 1100. The van der Waals surface area contributed by atoms with Crippen molar-refractivity contribution in [3.63, 3.8) is 0 Å². The smallest absolute Gasteiger partial charge is 0.340 e. The first kappa shape index (κ1) is 26.1. The van der Waals surface area contributed by atoms with Crippen molar-refractivity contribution in [2.24, 2.45) is 40.9 Å². The third kappa shape index (κ3) is 4.34. The van der Waals surface area contributed by atoms with Gasteiger partial charge in [0.25, 0.3) is 0 Å². The van der Waals surface area contributed by atoms with E-state index in [0.29, 0.717) is 23.7 Å². The van der Waals surface area contributed by atoms with E-state index in [9.17, 15) is 9.59 Å². The maximum absolute atomic E-state index is 13.6. The molecule has 5 aliphatic carbocycles. The molecule has 0 aromatic carbocycles. The van der Waals surface area contributed by atoms with Gasteiger partial charge in [0.2, 0.25) is 0 Å². The first-order chi connectivity index (χ1) is 18.4. The van der Waals surface area contributed by atoms with Gasteiger partial charge < -0.3 is 9.47 Å². The summed E-state index contributed by atoms with van der Waals surface area (Å²) >= 11 is 0. The summed E-state index contributed by atoms with van der Waals surface area (Å²) in [6.07, 6.45) is 22.9. The summed E-state index contributed by atoms with van der Waals surface area (Å²) in [5, 5.41) is 0. The fraction of sp³-hybridized carbons (Fsp3) is 0.706. The zero-order chi connectivity index (χ0) is 26.4. The number of cyclic esters (lactones) is 2.